The number of morpholine rings is 1. The molecule has 0 aromatic heterocycles. The van der Waals surface area contributed by atoms with Gasteiger partial charge in [0.1, 0.15) is 6.23 Å². The second kappa shape index (κ2) is 12.3. The molecule has 2 aliphatic rings. The molecule has 0 aromatic carbocycles. The van der Waals surface area contributed by atoms with Crippen molar-refractivity contribution in [2.75, 3.05) is 77.1 Å². The maximum Gasteiger partial charge on any atom is 0.266 e. The van der Waals surface area contributed by atoms with Crippen LogP contribution in [0.2, 0.25) is 0 Å². The van der Waals surface area contributed by atoms with Crippen LogP contribution in [0.1, 0.15) is 13.3 Å². The monoisotopic (exact) mass is 447 g/mol. The molecule has 3 N–H and O–H groups in total. The lowest BCUT2D eigenvalue weighted by Crippen LogP contribution is -2.50. The highest BCUT2D eigenvalue weighted by atomic mass is 32.2. The lowest BCUT2D eigenvalue weighted by molar-refractivity contribution is -0.0117. The lowest BCUT2D eigenvalue weighted by Gasteiger charge is -2.35. The average molecular weight is 448 g/mol. The van der Waals surface area contributed by atoms with Crippen LogP contribution in [0, 0.1) is 0 Å². The molecule has 1 atom stereocenters. The summed E-state index contributed by atoms with van der Waals surface area (Å²) in [6, 6.07) is 0. The van der Waals surface area contributed by atoms with E-state index in [0.717, 1.165) is 39.3 Å². The molecule has 0 spiro atoms. The van der Waals surface area contributed by atoms with Crippen LogP contribution in [0.4, 0.5) is 0 Å². The van der Waals surface area contributed by atoms with E-state index in [9.17, 15) is 21.9 Å². The van der Waals surface area contributed by atoms with Crippen LogP contribution in [-0.2, 0) is 25.0 Å². The molecule has 11 nitrogen and oxygen atoms in total. The van der Waals surface area contributed by atoms with Crippen LogP contribution < -0.4 is 0 Å². The Kier molecular flexibility index (Phi) is 11.3. The van der Waals surface area contributed by atoms with Crippen LogP contribution in [-0.4, -0.2) is 129 Å². The minimum Gasteiger partial charge on any atom is -0.379 e. The molecular weight excluding hydrogens is 414 g/mol. The molecule has 2 rings (SSSR count). The number of aliphatic hydroxyl groups excluding tert-OH is 1. The van der Waals surface area contributed by atoms with E-state index >= 15 is 0 Å². The highest BCUT2D eigenvalue weighted by molar-refractivity contribution is 7.86. The van der Waals surface area contributed by atoms with Crippen molar-refractivity contribution in [3.8, 4) is 0 Å². The molecule has 2 aliphatic heterocycles. The number of rotatable bonds is 8. The molecule has 0 aromatic rings. The molecule has 0 aliphatic carbocycles. The van der Waals surface area contributed by atoms with Crippen LogP contribution in [0.15, 0.2) is 0 Å². The molecule has 0 bridgehead atoms. The normalized spacial score (nSPS) is 21.7. The average Bonchev–Trinajstić information content (AvgIpc) is 2.60. The van der Waals surface area contributed by atoms with Crippen LogP contribution in [0.25, 0.3) is 0 Å². The van der Waals surface area contributed by atoms with Crippen molar-refractivity contribution in [2.45, 2.75) is 19.6 Å². The minimum atomic E-state index is -3.86. The third-order valence-electron chi connectivity index (χ3n) is 4.58. The summed E-state index contributed by atoms with van der Waals surface area (Å²) in [6.45, 7) is 8.81. The number of nitrogens with zero attached hydrogens (tertiary/aromatic N) is 3. The van der Waals surface area contributed by atoms with Crippen molar-refractivity contribution in [2.24, 2.45) is 0 Å². The molecule has 2 saturated heterocycles. The van der Waals surface area contributed by atoms with E-state index < -0.39 is 26.5 Å². The maximum atomic E-state index is 10.5. The highest BCUT2D eigenvalue weighted by Gasteiger charge is 2.20. The molecular formula is C15H33N3O8S2. The van der Waals surface area contributed by atoms with Gasteiger partial charge in [-0.1, -0.05) is 0 Å². The van der Waals surface area contributed by atoms with Gasteiger partial charge in [-0.25, -0.2) is 0 Å². The van der Waals surface area contributed by atoms with E-state index in [4.69, 9.17) is 13.8 Å². The van der Waals surface area contributed by atoms with E-state index in [0.29, 0.717) is 32.7 Å². The van der Waals surface area contributed by atoms with Crippen molar-refractivity contribution in [3.63, 3.8) is 0 Å². The summed E-state index contributed by atoms with van der Waals surface area (Å²) in [4.78, 5) is 6.02. The first-order chi connectivity index (χ1) is 13.0. The summed E-state index contributed by atoms with van der Waals surface area (Å²) >= 11 is 0. The molecule has 0 radical (unpaired) electrons. The lowest BCUT2D eigenvalue weighted by atomic mass is 10.3. The molecule has 2 fully saturated rings. The molecule has 1 unspecified atom stereocenters. The zero-order valence-corrected chi connectivity index (χ0v) is 17.9. The summed E-state index contributed by atoms with van der Waals surface area (Å²) in [7, 11) is -7.64. The van der Waals surface area contributed by atoms with Gasteiger partial charge in [0, 0.05) is 45.8 Å². The van der Waals surface area contributed by atoms with Gasteiger partial charge >= 0.3 is 0 Å². The Bertz CT molecular complexity index is 628. The van der Waals surface area contributed by atoms with Crippen LogP contribution in [0.3, 0.4) is 0 Å². The minimum absolute atomic E-state index is 0.148. The molecule has 28 heavy (non-hydrogen) atoms. The second-order valence-electron chi connectivity index (χ2n) is 6.89. The van der Waals surface area contributed by atoms with Gasteiger partial charge in [-0.05, 0) is 19.9 Å². The third kappa shape index (κ3) is 13.0. The SMILES string of the molecule is CC(O)N1CCN(CCS(=O)(=O)O)CC1.O=S(=O)(O)CCCN1CCOCC1. The summed E-state index contributed by atoms with van der Waals surface area (Å²) in [5.74, 6) is -0.369. The number of hydrogen-bond donors (Lipinski definition) is 3. The van der Waals surface area contributed by atoms with Crippen molar-refractivity contribution >= 4 is 20.2 Å². The van der Waals surface area contributed by atoms with Gasteiger partial charge in [-0.15, -0.1) is 0 Å². The van der Waals surface area contributed by atoms with E-state index in [-0.39, 0.29) is 11.5 Å². The van der Waals surface area contributed by atoms with Gasteiger partial charge in [0.15, 0.2) is 0 Å². The summed E-state index contributed by atoms with van der Waals surface area (Å²) in [6.07, 6.45) is 0.0347. The quantitative estimate of drug-likeness (QED) is 0.370. The Morgan fingerprint density at radius 3 is 1.79 bits per heavy atom. The Morgan fingerprint density at radius 1 is 0.821 bits per heavy atom. The smallest absolute Gasteiger partial charge is 0.266 e. The summed E-state index contributed by atoms with van der Waals surface area (Å²) < 4.78 is 64.0. The first-order valence-electron chi connectivity index (χ1n) is 9.31. The second-order valence-corrected chi connectivity index (χ2v) is 10.0. The van der Waals surface area contributed by atoms with E-state index in [1.54, 1.807) is 6.92 Å². The number of ether oxygens (including phenoxy) is 1. The van der Waals surface area contributed by atoms with Gasteiger partial charge in [-0.2, -0.15) is 16.8 Å². The predicted molar refractivity (Wildman–Crippen MR) is 104 cm³/mol. The first-order valence-corrected chi connectivity index (χ1v) is 12.5. The molecule has 13 heteroatoms. The van der Waals surface area contributed by atoms with Crippen molar-refractivity contribution in [1.82, 2.24) is 14.7 Å². The number of aliphatic hydroxyl groups is 1. The van der Waals surface area contributed by atoms with Crippen LogP contribution >= 0.6 is 0 Å². The third-order valence-corrected chi connectivity index (χ3v) is 6.08. The number of piperazine rings is 1. The maximum absolute atomic E-state index is 10.5. The first kappa shape index (κ1) is 25.7. The van der Waals surface area contributed by atoms with Gasteiger partial charge in [0.05, 0.1) is 24.7 Å². The van der Waals surface area contributed by atoms with Gasteiger partial charge in [-0.3, -0.25) is 23.8 Å². The largest absolute Gasteiger partial charge is 0.379 e. The fourth-order valence-electron chi connectivity index (χ4n) is 2.90. The Hall–Kier alpha value is -0.380. The zero-order valence-electron chi connectivity index (χ0n) is 16.3. The molecule has 168 valence electrons. The van der Waals surface area contributed by atoms with Gasteiger partial charge in [0.2, 0.25) is 0 Å². The Balaban J connectivity index is 0.000000283. The van der Waals surface area contributed by atoms with Gasteiger partial charge < -0.3 is 9.84 Å². The Morgan fingerprint density at radius 2 is 1.32 bits per heavy atom. The van der Waals surface area contributed by atoms with Crippen LogP contribution in [0.5, 0.6) is 0 Å². The van der Waals surface area contributed by atoms with Crippen molar-refractivity contribution < 1.29 is 35.8 Å². The fraction of sp³-hybridized carbons (Fsp3) is 1.00. The molecule has 0 saturated carbocycles. The Labute approximate surface area is 167 Å². The van der Waals surface area contributed by atoms with E-state index in [1.807, 2.05) is 9.80 Å². The fourth-order valence-corrected chi connectivity index (χ4v) is 3.88. The van der Waals surface area contributed by atoms with Gasteiger partial charge in [0.25, 0.3) is 20.2 Å². The highest BCUT2D eigenvalue weighted by Crippen LogP contribution is 2.04. The topological polar surface area (TPSA) is 148 Å². The summed E-state index contributed by atoms with van der Waals surface area (Å²) in [5.41, 5.74) is 0. The van der Waals surface area contributed by atoms with E-state index in [2.05, 4.69) is 4.90 Å². The van der Waals surface area contributed by atoms with Crippen molar-refractivity contribution in [3.05, 3.63) is 0 Å². The molecule has 0 amide bonds. The zero-order chi connectivity index (χ0) is 21.2. The van der Waals surface area contributed by atoms with E-state index in [1.165, 1.54) is 0 Å². The molecule has 2 heterocycles. The van der Waals surface area contributed by atoms with Crippen molar-refractivity contribution in [1.29, 1.82) is 0 Å². The summed E-state index contributed by atoms with van der Waals surface area (Å²) in [5, 5.41) is 9.29. The number of hydrogen-bond acceptors (Lipinski definition) is 9. The predicted octanol–water partition coefficient (Wildman–Crippen LogP) is -1.57. The standard InChI is InChI=1S/C8H18N2O4S.C7H15NO4S/c1-8(11)10-4-2-9(3-5-10)6-7-15(12,13)14;9-13(10,11)7-1-2-8-3-5-12-6-4-8/h8,11H,2-7H2,1H3,(H,12,13,14);1-7H2,(H,9,10,11).